The van der Waals surface area contributed by atoms with E-state index in [4.69, 9.17) is 0 Å². The summed E-state index contributed by atoms with van der Waals surface area (Å²) in [6, 6.07) is 16.0. The van der Waals surface area contributed by atoms with Crippen molar-refractivity contribution in [2.24, 2.45) is 0 Å². The smallest absolute Gasteiger partial charge is 0.257 e. The third-order valence-corrected chi connectivity index (χ3v) is 5.48. The molecule has 3 aromatic rings. The van der Waals surface area contributed by atoms with Gasteiger partial charge in [0.1, 0.15) is 0 Å². The van der Waals surface area contributed by atoms with Crippen LogP contribution in [-0.2, 0) is 0 Å². The molecular formula is C24H26N4O. The Hall–Kier alpha value is -3.34. The van der Waals surface area contributed by atoms with E-state index in [9.17, 15) is 4.79 Å². The molecule has 1 saturated heterocycles. The Morgan fingerprint density at radius 2 is 1.72 bits per heavy atom. The number of aryl methyl sites for hydroxylation is 1. The number of carbonyl (C=O) groups excluding carboxylic acids is 1. The van der Waals surface area contributed by atoms with Gasteiger partial charge in [0.15, 0.2) is 0 Å². The second-order valence-electron chi connectivity index (χ2n) is 7.53. The van der Waals surface area contributed by atoms with Gasteiger partial charge in [0.25, 0.3) is 5.91 Å². The number of aromatic nitrogens is 1. The summed E-state index contributed by atoms with van der Waals surface area (Å²) in [4.78, 5) is 19.3. The average Bonchev–Trinajstić information content (AvgIpc) is 3.27. The molecule has 1 aromatic heterocycles. The minimum atomic E-state index is -0.170. The summed E-state index contributed by atoms with van der Waals surface area (Å²) in [6.07, 6.45) is 5.81. The molecule has 1 aliphatic heterocycles. The van der Waals surface area contributed by atoms with Crippen molar-refractivity contribution in [1.29, 1.82) is 0 Å². The molecule has 0 unspecified atom stereocenters. The molecule has 0 radical (unpaired) electrons. The van der Waals surface area contributed by atoms with E-state index >= 15 is 0 Å². The van der Waals surface area contributed by atoms with E-state index in [0.717, 1.165) is 30.2 Å². The molecule has 1 fully saturated rings. The van der Waals surface area contributed by atoms with Gasteiger partial charge in [0, 0.05) is 36.3 Å². The van der Waals surface area contributed by atoms with Gasteiger partial charge in [0.05, 0.1) is 17.4 Å². The topological polar surface area (TPSA) is 57.3 Å². The third-order valence-electron chi connectivity index (χ3n) is 5.48. The van der Waals surface area contributed by atoms with Crippen LogP contribution < -0.4 is 15.5 Å². The van der Waals surface area contributed by atoms with Crippen LogP contribution in [0.3, 0.4) is 0 Å². The lowest BCUT2D eigenvalue weighted by atomic mass is 10.1. The molecule has 1 amide bonds. The standard InChI is InChI=1S/C24H26N4O/c1-17-6-5-7-23(18(17)2)26-21-14-19(15-25-16-21)24(29)27-20-8-10-22(11-9-20)28-12-3-4-13-28/h5-11,14-16,26H,3-4,12-13H2,1-2H3,(H,27,29). The summed E-state index contributed by atoms with van der Waals surface area (Å²) < 4.78 is 0. The molecular weight excluding hydrogens is 360 g/mol. The predicted octanol–water partition coefficient (Wildman–Crippen LogP) is 5.29. The zero-order valence-corrected chi connectivity index (χ0v) is 16.9. The van der Waals surface area contributed by atoms with Crippen LogP contribution in [-0.4, -0.2) is 24.0 Å². The molecule has 29 heavy (non-hydrogen) atoms. The third kappa shape index (κ3) is 4.40. The number of amides is 1. The van der Waals surface area contributed by atoms with Crippen molar-refractivity contribution in [2.75, 3.05) is 28.6 Å². The van der Waals surface area contributed by atoms with Crippen LogP contribution >= 0.6 is 0 Å². The second-order valence-corrected chi connectivity index (χ2v) is 7.53. The summed E-state index contributed by atoms with van der Waals surface area (Å²) in [5, 5.41) is 6.33. The van der Waals surface area contributed by atoms with E-state index in [1.54, 1.807) is 12.4 Å². The molecule has 0 spiro atoms. The Balaban J connectivity index is 1.45. The zero-order chi connectivity index (χ0) is 20.2. The molecule has 148 valence electrons. The van der Waals surface area contributed by atoms with Crippen LogP contribution in [0.15, 0.2) is 60.9 Å². The molecule has 2 aromatic carbocycles. The van der Waals surface area contributed by atoms with Gasteiger partial charge in [-0.25, -0.2) is 0 Å². The number of anilines is 4. The monoisotopic (exact) mass is 386 g/mol. The van der Waals surface area contributed by atoms with Crippen molar-refractivity contribution in [1.82, 2.24) is 4.98 Å². The summed E-state index contributed by atoms with van der Waals surface area (Å²) in [5.41, 5.74) is 6.71. The normalized spacial score (nSPS) is 13.4. The molecule has 5 nitrogen and oxygen atoms in total. The van der Waals surface area contributed by atoms with Crippen molar-refractivity contribution in [3.05, 3.63) is 77.6 Å². The van der Waals surface area contributed by atoms with Crippen molar-refractivity contribution in [3.63, 3.8) is 0 Å². The predicted molar refractivity (Wildman–Crippen MR) is 119 cm³/mol. The first-order chi connectivity index (χ1) is 14.1. The van der Waals surface area contributed by atoms with Gasteiger partial charge < -0.3 is 15.5 Å². The molecule has 0 atom stereocenters. The molecule has 4 rings (SSSR count). The number of rotatable bonds is 5. The van der Waals surface area contributed by atoms with Gasteiger partial charge >= 0.3 is 0 Å². The molecule has 1 aliphatic rings. The highest BCUT2D eigenvalue weighted by Gasteiger charge is 2.13. The first-order valence-electron chi connectivity index (χ1n) is 10.0. The number of carbonyl (C=O) groups is 1. The van der Waals surface area contributed by atoms with Crippen molar-refractivity contribution < 1.29 is 4.79 Å². The summed E-state index contributed by atoms with van der Waals surface area (Å²) in [6.45, 7) is 6.38. The van der Waals surface area contributed by atoms with Gasteiger partial charge in [-0.15, -0.1) is 0 Å². The molecule has 0 saturated carbocycles. The van der Waals surface area contributed by atoms with Crippen molar-refractivity contribution >= 4 is 28.7 Å². The van der Waals surface area contributed by atoms with E-state index in [0.29, 0.717) is 5.56 Å². The summed E-state index contributed by atoms with van der Waals surface area (Å²) in [5.74, 6) is -0.170. The number of hydrogen-bond acceptors (Lipinski definition) is 4. The Labute approximate surface area is 171 Å². The lowest BCUT2D eigenvalue weighted by Crippen LogP contribution is -2.17. The average molecular weight is 386 g/mol. The maximum atomic E-state index is 12.7. The first kappa shape index (κ1) is 19.0. The number of benzene rings is 2. The zero-order valence-electron chi connectivity index (χ0n) is 16.9. The van der Waals surface area contributed by atoms with Gasteiger partial charge in [-0.1, -0.05) is 12.1 Å². The van der Waals surface area contributed by atoms with Crippen LogP contribution in [0.4, 0.5) is 22.7 Å². The molecule has 5 heteroatoms. The molecule has 2 heterocycles. The molecule has 2 N–H and O–H groups in total. The number of nitrogens with zero attached hydrogens (tertiary/aromatic N) is 2. The fourth-order valence-corrected chi connectivity index (χ4v) is 3.61. The SMILES string of the molecule is Cc1cccc(Nc2cncc(C(=O)Nc3ccc(N4CCCC4)cc3)c2)c1C. The Bertz CT molecular complexity index is 1010. The molecule has 0 aliphatic carbocycles. The van der Waals surface area contributed by atoms with E-state index < -0.39 is 0 Å². The highest BCUT2D eigenvalue weighted by Crippen LogP contribution is 2.24. The minimum Gasteiger partial charge on any atom is -0.372 e. The van der Waals surface area contributed by atoms with E-state index in [1.165, 1.54) is 29.7 Å². The quantitative estimate of drug-likeness (QED) is 0.625. The van der Waals surface area contributed by atoms with Crippen molar-refractivity contribution in [2.45, 2.75) is 26.7 Å². The lowest BCUT2D eigenvalue weighted by Gasteiger charge is -2.17. The Morgan fingerprint density at radius 3 is 2.48 bits per heavy atom. The highest BCUT2D eigenvalue weighted by molar-refractivity contribution is 6.04. The van der Waals surface area contributed by atoms with Gasteiger partial charge in [0.2, 0.25) is 0 Å². The van der Waals surface area contributed by atoms with Crippen LogP contribution in [0.2, 0.25) is 0 Å². The summed E-state index contributed by atoms with van der Waals surface area (Å²) in [7, 11) is 0. The first-order valence-corrected chi connectivity index (χ1v) is 10.0. The van der Waals surface area contributed by atoms with Crippen LogP contribution in [0.1, 0.15) is 34.3 Å². The Morgan fingerprint density at radius 1 is 0.966 bits per heavy atom. The van der Waals surface area contributed by atoms with Gasteiger partial charge in [-0.05, 0) is 74.2 Å². The van der Waals surface area contributed by atoms with E-state index in [1.807, 2.05) is 30.3 Å². The number of nitrogens with one attached hydrogen (secondary N) is 2. The summed E-state index contributed by atoms with van der Waals surface area (Å²) >= 11 is 0. The Kier molecular flexibility index (Phi) is 5.47. The van der Waals surface area contributed by atoms with Crippen LogP contribution in [0.25, 0.3) is 0 Å². The molecule has 0 bridgehead atoms. The maximum absolute atomic E-state index is 12.7. The largest absolute Gasteiger partial charge is 0.372 e. The fraction of sp³-hybridized carbons (Fsp3) is 0.250. The van der Waals surface area contributed by atoms with Gasteiger partial charge in [-0.2, -0.15) is 0 Å². The van der Waals surface area contributed by atoms with E-state index in [-0.39, 0.29) is 5.91 Å². The second kappa shape index (κ2) is 8.35. The van der Waals surface area contributed by atoms with Crippen LogP contribution in [0, 0.1) is 13.8 Å². The number of pyridine rings is 1. The maximum Gasteiger partial charge on any atom is 0.257 e. The van der Waals surface area contributed by atoms with E-state index in [2.05, 4.69) is 52.6 Å². The van der Waals surface area contributed by atoms with Gasteiger partial charge in [-0.3, -0.25) is 9.78 Å². The highest BCUT2D eigenvalue weighted by atomic mass is 16.1. The van der Waals surface area contributed by atoms with Crippen molar-refractivity contribution in [3.8, 4) is 0 Å². The van der Waals surface area contributed by atoms with Crippen LogP contribution in [0.5, 0.6) is 0 Å². The number of hydrogen-bond donors (Lipinski definition) is 2. The lowest BCUT2D eigenvalue weighted by molar-refractivity contribution is 0.102. The minimum absolute atomic E-state index is 0.170. The fourth-order valence-electron chi connectivity index (χ4n) is 3.61.